The van der Waals surface area contributed by atoms with Crippen LogP contribution in [0, 0.1) is 5.92 Å². The third-order valence-electron chi connectivity index (χ3n) is 2.34. The van der Waals surface area contributed by atoms with Crippen molar-refractivity contribution in [2.45, 2.75) is 47.1 Å². The number of nitrogens with zero attached hydrogens (tertiary/aromatic N) is 2. The van der Waals surface area contributed by atoms with Crippen molar-refractivity contribution in [1.82, 2.24) is 9.78 Å². The van der Waals surface area contributed by atoms with Crippen LogP contribution >= 0.6 is 0 Å². The second-order valence-corrected chi connectivity index (χ2v) is 4.01. The van der Waals surface area contributed by atoms with Gasteiger partial charge in [-0.3, -0.25) is 4.68 Å². The lowest BCUT2D eigenvalue weighted by atomic mass is 10.1. The first-order valence-electron chi connectivity index (χ1n) is 5.37. The quantitative estimate of drug-likeness (QED) is 0.802. The molecule has 0 aliphatic heterocycles. The molecule has 14 heavy (non-hydrogen) atoms. The molecule has 0 amide bonds. The lowest BCUT2D eigenvalue weighted by molar-refractivity contribution is 0.455. The summed E-state index contributed by atoms with van der Waals surface area (Å²) in [6.07, 6.45) is 1.69. The van der Waals surface area contributed by atoms with E-state index in [-0.39, 0.29) is 0 Å². The van der Waals surface area contributed by atoms with Crippen molar-refractivity contribution in [3.63, 3.8) is 0 Å². The summed E-state index contributed by atoms with van der Waals surface area (Å²) in [5.74, 6) is 0.939. The Morgan fingerprint density at radius 2 is 2.00 bits per heavy atom. The Morgan fingerprint density at radius 1 is 1.36 bits per heavy atom. The van der Waals surface area contributed by atoms with E-state index < -0.39 is 0 Å². The molecule has 0 atom stereocenters. The molecule has 0 fully saturated rings. The summed E-state index contributed by atoms with van der Waals surface area (Å²) >= 11 is 0. The second-order valence-electron chi connectivity index (χ2n) is 4.01. The van der Waals surface area contributed by atoms with Gasteiger partial charge in [0.15, 0.2) is 5.75 Å². The van der Waals surface area contributed by atoms with Crippen molar-refractivity contribution in [2.24, 2.45) is 5.92 Å². The first-order valence-corrected chi connectivity index (χ1v) is 5.37. The predicted octanol–water partition coefficient (Wildman–Crippen LogP) is 2.37. The Bertz CT molecular complexity index is 302. The minimum Gasteiger partial charge on any atom is -0.504 e. The van der Waals surface area contributed by atoms with Gasteiger partial charge in [-0.2, -0.15) is 5.10 Å². The second kappa shape index (κ2) is 4.49. The van der Waals surface area contributed by atoms with Crippen LogP contribution < -0.4 is 0 Å². The largest absolute Gasteiger partial charge is 0.504 e. The fraction of sp³-hybridized carbons (Fsp3) is 0.727. The average molecular weight is 196 g/mol. The maximum Gasteiger partial charge on any atom is 0.160 e. The van der Waals surface area contributed by atoms with Gasteiger partial charge in [0.25, 0.3) is 0 Å². The molecule has 80 valence electrons. The molecule has 1 rings (SSSR count). The van der Waals surface area contributed by atoms with Gasteiger partial charge in [-0.1, -0.05) is 20.8 Å². The van der Waals surface area contributed by atoms with Crippen LogP contribution in [0.3, 0.4) is 0 Å². The molecule has 0 bridgehead atoms. The molecule has 1 aromatic heterocycles. The zero-order valence-electron chi connectivity index (χ0n) is 9.54. The lowest BCUT2D eigenvalue weighted by Crippen LogP contribution is -2.02. The Balaban J connectivity index is 3.01. The lowest BCUT2D eigenvalue weighted by Gasteiger charge is -2.00. The van der Waals surface area contributed by atoms with E-state index >= 15 is 0 Å². The van der Waals surface area contributed by atoms with Gasteiger partial charge in [0.1, 0.15) is 5.69 Å². The normalized spacial score (nSPS) is 11.2. The van der Waals surface area contributed by atoms with Crippen molar-refractivity contribution in [3.8, 4) is 5.75 Å². The predicted molar refractivity (Wildman–Crippen MR) is 57.5 cm³/mol. The highest BCUT2D eigenvalue weighted by Gasteiger charge is 2.15. The Hall–Kier alpha value is -0.990. The molecule has 0 saturated carbocycles. The van der Waals surface area contributed by atoms with Gasteiger partial charge < -0.3 is 5.11 Å². The van der Waals surface area contributed by atoms with Crippen LogP contribution in [0.5, 0.6) is 5.75 Å². The van der Waals surface area contributed by atoms with Gasteiger partial charge >= 0.3 is 0 Å². The highest BCUT2D eigenvalue weighted by Crippen LogP contribution is 2.24. The smallest absolute Gasteiger partial charge is 0.160 e. The van der Waals surface area contributed by atoms with Crippen molar-refractivity contribution >= 4 is 0 Å². The van der Waals surface area contributed by atoms with Gasteiger partial charge in [0, 0.05) is 6.54 Å². The molecule has 3 heteroatoms. The van der Waals surface area contributed by atoms with E-state index in [1.54, 1.807) is 0 Å². The van der Waals surface area contributed by atoms with Crippen LogP contribution in [-0.4, -0.2) is 14.9 Å². The number of aromatic hydroxyl groups is 1. The topological polar surface area (TPSA) is 38.1 Å². The number of hydrogen-bond donors (Lipinski definition) is 1. The van der Waals surface area contributed by atoms with Crippen LogP contribution in [-0.2, 0) is 19.4 Å². The molecule has 0 radical (unpaired) electrons. The molecule has 0 unspecified atom stereocenters. The first kappa shape index (κ1) is 11.1. The number of aromatic nitrogens is 2. The maximum absolute atomic E-state index is 9.91. The van der Waals surface area contributed by atoms with E-state index in [1.807, 2.05) is 18.5 Å². The van der Waals surface area contributed by atoms with Gasteiger partial charge in [0.05, 0.1) is 5.69 Å². The summed E-state index contributed by atoms with van der Waals surface area (Å²) in [6.45, 7) is 9.19. The van der Waals surface area contributed by atoms with Crippen LogP contribution in [0.25, 0.3) is 0 Å². The highest BCUT2D eigenvalue weighted by molar-refractivity contribution is 5.32. The average Bonchev–Trinajstić information content (AvgIpc) is 2.42. The minimum absolute atomic E-state index is 0.406. The molecule has 1 N–H and O–H groups in total. The van der Waals surface area contributed by atoms with Crippen molar-refractivity contribution < 1.29 is 5.11 Å². The van der Waals surface area contributed by atoms with Crippen molar-refractivity contribution in [1.29, 1.82) is 0 Å². The molecule has 0 spiro atoms. The van der Waals surface area contributed by atoms with Crippen LogP contribution in [0.15, 0.2) is 0 Å². The molecule has 1 heterocycles. The zero-order valence-corrected chi connectivity index (χ0v) is 9.54. The monoisotopic (exact) mass is 196 g/mol. The van der Waals surface area contributed by atoms with E-state index in [9.17, 15) is 5.11 Å². The van der Waals surface area contributed by atoms with E-state index in [0.717, 1.165) is 30.8 Å². The highest BCUT2D eigenvalue weighted by atomic mass is 16.3. The molecule has 0 aliphatic carbocycles. The van der Waals surface area contributed by atoms with Gasteiger partial charge in [-0.05, 0) is 25.7 Å². The number of rotatable bonds is 4. The molecule has 0 aromatic carbocycles. The van der Waals surface area contributed by atoms with Crippen LogP contribution in [0.1, 0.15) is 39.1 Å². The summed E-state index contributed by atoms with van der Waals surface area (Å²) in [5, 5.41) is 14.3. The summed E-state index contributed by atoms with van der Waals surface area (Å²) < 4.78 is 1.90. The van der Waals surface area contributed by atoms with E-state index in [4.69, 9.17) is 0 Å². The third kappa shape index (κ3) is 2.08. The Morgan fingerprint density at radius 3 is 2.36 bits per heavy atom. The van der Waals surface area contributed by atoms with Crippen molar-refractivity contribution in [3.05, 3.63) is 11.4 Å². The molecule has 0 saturated heterocycles. The van der Waals surface area contributed by atoms with Gasteiger partial charge in [-0.25, -0.2) is 0 Å². The van der Waals surface area contributed by atoms with Crippen LogP contribution in [0.4, 0.5) is 0 Å². The fourth-order valence-corrected chi connectivity index (χ4v) is 1.68. The fourth-order valence-electron chi connectivity index (χ4n) is 1.68. The summed E-state index contributed by atoms with van der Waals surface area (Å²) in [7, 11) is 0. The molecule has 3 nitrogen and oxygen atoms in total. The molecular weight excluding hydrogens is 176 g/mol. The molecule has 1 aromatic rings. The van der Waals surface area contributed by atoms with Crippen molar-refractivity contribution in [2.75, 3.05) is 0 Å². The van der Waals surface area contributed by atoms with E-state index in [2.05, 4.69) is 18.9 Å². The standard InChI is InChI=1S/C11H20N2O/c1-5-10-11(14)9(7-8(3)4)12-13(10)6-2/h8,14H,5-7H2,1-4H3. The Kier molecular flexibility index (Phi) is 3.55. The number of hydrogen-bond acceptors (Lipinski definition) is 2. The third-order valence-corrected chi connectivity index (χ3v) is 2.34. The number of aryl methyl sites for hydroxylation is 1. The van der Waals surface area contributed by atoms with Crippen LogP contribution in [0.2, 0.25) is 0 Å². The Labute approximate surface area is 85.8 Å². The molecular formula is C11H20N2O. The summed E-state index contributed by atoms with van der Waals surface area (Å²) in [4.78, 5) is 0. The van der Waals surface area contributed by atoms with Gasteiger partial charge in [-0.15, -0.1) is 0 Å². The summed E-state index contributed by atoms with van der Waals surface area (Å²) in [6, 6.07) is 0. The first-order chi connectivity index (χ1) is 6.60. The van der Waals surface area contributed by atoms with E-state index in [1.165, 1.54) is 0 Å². The maximum atomic E-state index is 9.91. The zero-order chi connectivity index (χ0) is 10.7. The summed E-state index contributed by atoms with van der Waals surface area (Å²) in [5.41, 5.74) is 1.81. The minimum atomic E-state index is 0.406. The van der Waals surface area contributed by atoms with Gasteiger partial charge in [0.2, 0.25) is 0 Å². The SMILES string of the molecule is CCc1c(O)c(CC(C)C)nn1CC. The molecule has 0 aliphatic rings. The van der Waals surface area contributed by atoms with E-state index in [0.29, 0.717) is 11.7 Å².